The van der Waals surface area contributed by atoms with E-state index in [9.17, 15) is 14.4 Å². The van der Waals surface area contributed by atoms with Crippen molar-refractivity contribution in [3.05, 3.63) is 35.4 Å². The van der Waals surface area contributed by atoms with Crippen LogP contribution in [0.4, 0.5) is 4.79 Å². The van der Waals surface area contributed by atoms with Crippen LogP contribution in [0.1, 0.15) is 28.8 Å². The summed E-state index contributed by atoms with van der Waals surface area (Å²) in [5.41, 5.74) is 6.25. The lowest BCUT2D eigenvalue weighted by atomic mass is 10.1. The summed E-state index contributed by atoms with van der Waals surface area (Å²) in [5, 5.41) is 13.5. The quantitative estimate of drug-likeness (QED) is 0.541. The van der Waals surface area contributed by atoms with E-state index >= 15 is 0 Å². The Hall–Kier alpha value is -2.57. The van der Waals surface area contributed by atoms with Crippen LogP contribution in [0.3, 0.4) is 0 Å². The van der Waals surface area contributed by atoms with Gasteiger partial charge in [0.25, 0.3) is 5.91 Å². The third kappa shape index (κ3) is 5.85. The predicted octanol–water partition coefficient (Wildman–Crippen LogP) is 0.449. The monoisotopic (exact) mass is 279 g/mol. The minimum atomic E-state index is -0.884. The molecular formula is C13H17N3O4. The lowest BCUT2D eigenvalue weighted by Crippen LogP contribution is -2.28. The summed E-state index contributed by atoms with van der Waals surface area (Å²) in [5.74, 6) is -1.14. The van der Waals surface area contributed by atoms with Gasteiger partial charge in [-0.2, -0.15) is 0 Å². The predicted molar refractivity (Wildman–Crippen MR) is 72.1 cm³/mol. The van der Waals surface area contributed by atoms with Crippen LogP contribution in [-0.4, -0.2) is 29.6 Å². The van der Waals surface area contributed by atoms with Gasteiger partial charge >= 0.3 is 12.0 Å². The molecule has 0 spiro atoms. The fourth-order valence-corrected chi connectivity index (χ4v) is 1.51. The number of carbonyl (C=O) groups excluding carboxylic acids is 2. The number of carboxylic acid groups (broad SMARTS) is 1. The van der Waals surface area contributed by atoms with Crippen molar-refractivity contribution in [3.8, 4) is 0 Å². The van der Waals surface area contributed by atoms with Crippen LogP contribution < -0.4 is 16.4 Å². The normalized spacial score (nSPS) is 9.80. The molecule has 0 saturated heterocycles. The van der Waals surface area contributed by atoms with E-state index in [0.29, 0.717) is 25.1 Å². The highest BCUT2D eigenvalue weighted by atomic mass is 16.4. The maximum absolute atomic E-state index is 11.7. The minimum absolute atomic E-state index is 0.0258. The zero-order chi connectivity index (χ0) is 15.0. The molecule has 7 heteroatoms. The average Bonchev–Trinajstić information content (AvgIpc) is 2.41. The van der Waals surface area contributed by atoms with E-state index in [1.165, 1.54) is 0 Å². The molecule has 1 rings (SSSR count). The Labute approximate surface area is 116 Å². The molecule has 0 aromatic heterocycles. The molecule has 0 heterocycles. The summed E-state index contributed by atoms with van der Waals surface area (Å²) >= 11 is 0. The van der Waals surface area contributed by atoms with Crippen molar-refractivity contribution >= 4 is 17.9 Å². The van der Waals surface area contributed by atoms with E-state index in [1.54, 1.807) is 24.3 Å². The number of carbonyl (C=O) groups is 3. The Balaban J connectivity index is 2.41. The number of aliphatic carboxylic acids is 1. The number of urea groups is 1. The van der Waals surface area contributed by atoms with E-state index in [4.69, 9.17) is 10.8 Å². The van der Waals surface area contributed by atoms with Crippen LogP contribution in [-0.2, 0) is 11.3 Å². The molecule has 5 N–H and O–H groups in total. The van der Waals surface area contributed by atoms with Crippen molar-refractivity contribution in [2.75, 3.05) is 6.54 Å². The number of rotatable bonds is 7. The SMILES string of the molecule is NC(=O)NCc1ccc(C(=O)NCCCC(=O)O)cc1. The highest BCUT2D eigenvalue weighted by Crippen LogP contribution is 2.04. The van der Waals surface area contributed by atoms with Crippen molar-refractivity contribution in [1.82, 2.24) is 10.6 Å². The smallest absolute Gasteiger partial charge is 0.312 e. The number of hydrogen-bond acceptors (Lipinski definition) is 3. The van der Waals surface area contributed by atoms with Crippen LogP contribution in [0.25, 0.3) is 0 Å². The zero-order valence-electron chi connectivity index (χ0n) is 10.9. The number of amides is 3. The fourth-order valence-electron chi connectivity index (χ4n) is 1.51. The van der Waals surface area contributed by atoms with Crippen LogP contribution in [0, 0.1) is 0 Å². The summed E-state index contributed by atoms with van der Waals surface area (Å²) in [6.07, 6.45) is 0.416. The molecular weight excluding hydrogens is 262 g/mol. The summed E-state index contributed by atoms with van der Waals surface area (Å²) in [7, 11) is 0. The second-order valence-corrected chi connectivity index (χ2v) is 4.17. The van der Waals surface area contributed by atoms with Gasteiger partial charge < -0.3 is 21.5 Å². The van der Waals surface area contributed by atoms with E-state index in [2.05, 4.69) is 10.6 Å². The number of primary amides is 1. The maximum atomic E-state index is 11.7. The molecule has 0 bridgehead atoms. The molecule has 0 atom stereocenters. The topological polar surface area (TPSA) is 122 Å². The summed E-state index contributed by atoms with van der Waals surface area (Å²) in [6.45, 7) is 0.617. The van der Waals surface area contributed by atoms with E-state index < -0.39 is 12.0 Å². The van der Waals surface area contributed by atoms with E-state index in [1.807, 2.05) is 0 Å². The Bertz CT molecular complexity index is 485. The third-order valence-corrected chi connectivity index (χ3v) is 2.54. The first-order valence-corrected chi connectivity index (χ1v) is 6.11. The molecule has 1 aromatic carbocycles. The lowest BCUT2D eigenvalue weighted by molar-refractivity contribution is -0.137. The van der Waals surface area contributed by atoms with Crippen LogP contribution in [0.2, 0.25) is 0 Å². The molecule has 0 aliphatic carbocycles. The van der Waals surface area contributed by atoms with Crippen LogP contribution in [0.15, 0.2) is 24.3 Å². The molecule has 3 amide bonds. The van der Waals surface area contributed by atoms with Crippen molar-refractivity contribution in [2.45, 2.75) is 19.4 Å². The molecule has 0 aliphatic rings. The number of nitrogens with one attached hydrogen (secondary N) is 2. The Morgan fingerprint density at radius 2 is 1.75 bits per heavy atom. The van der Waals surface area contributed by atoms with Gasteiger partial charge in [0, 0.05) is 25.1 Å². The van der Waals surface area contributed by atoms with Gasteiger partial charge in [-0.15, -0.1) is 0 Å². The highest BCUT2D eigenvalue weighted by Gasteiger charge is 2.05. The second kappa shape index (κ2) is 7.78. The molecule has 108 valence electrons. The molecule has 0 fully saturated rings. The fraction of sp³-hybridized carbons (Fsp3) is 0.308. The number of carboxylic acids is 1. The van der Waals surface area contributed by atoms with Crippen molar-refractivity contribution in [2.24, 2.45) is 5.73 Å². The molecule has 20 heavy (non-hydrogen) atoms. The maximum Gasteiger partial charge on any atom is 0.312 e. The van der Waals surface area contributed by atoms with Gasteiger partial charge in [0.05, 0.1) is 0 Å². The first kappa shape index (κ1) is 15.5. The average molecular weight is 279 g/mol. The lowest BCUT2D eigenvalue weighted by Gasteiger charge is -2.06. The first-order chi connectivity index (χ1) is 9.49. The largest absolute Gasteiger partial charge is 0.481 e. The Kier molecular flexibility index (Phi) is 6.02. The van der Waals surface area contributed by atoms with Gasteiger partial charge in [-0.05, 0) is 24.1 Å². The van der Waals surface area contributed by atoms with E-state index in [-0.39, 0.29) is 12.3 Å². The van der Waals surface area contributed by atoms with Crippen molar-refractivity contribution < 1.29 is 19.5 Å². The molecule has 1 aromatic rings. The van der Waals surface area contributed by atoms with Gasteiger partial charge in [-0.3, -0.25) is 9.59 Å². The van der Waals surface area contributed by atoms with Gasteiger partial charge in [-0.1, -0.05) is 12.1 Å². The Morgan fingerprint density at radius 3 is 2.30 bits per heavy atom. The van der Waals surface area contributed by atoms with Gasteiger partial charge in [0.1, 0.15) is 0 Å². The second-order valence-electron chi connectivity index (χ2n) is 4.17. The van der Waals surface area contributed by atoms with Crippen LogP contribution in [0.5, 0.6) is 0 Å². The van der Waals surface area contributed by atoms with Gasteiger partial charge in [-0.25, -0.2) is 4.79 Å². The Morgan fingerprint density at radius 1 is 1.10 bits per heavy atom. The highest BCUT2D eigenvalue weighted by molar-refractivity contribution is 5.94. The van der Waals surface area contributed by atoms with Crippen molar-refractivity contribution in [3.63, 3.8) is 0 Å². The van der Waals surface area contributed by atoms with Gasteiger partial charge in [0.2, 0.25) is 0 Å². The van der Waals surface area contributed by atoms with Crippen molar-refractivity contribution in [1.29, 1.82) is 0 Å². The molecule has 0 aliphatic heterocycles. The summed E-state index contributed by atoms with van der Waals surface area (Å²) < 4.78 is 0. The third-order valence-electron chi connectivity index (χ3n) is 2.54. The van der Waals surface area contributed by atoms with Gasteiger partial charge in [0.15, 0.2) is 0 Å². The first-order valence-electron chi connectivity index (χ1n) is 6.11. The number of hydrogen-bond donors (Lipinski definition) is 4. The molecule has 0 radical (unpaired) electrons. The number of nitrogens with two attached hydrogens (primary N) is 1. The molecule has 0 saturated carbocycles. The molecule has 7 nitrogen and oxygen atoms in total. The van der Waals surface area contributed by atoms with E-state index in [0.717, 1.165) is 5.56 Å². The van der Waals surface area contributed by atoms with Crippen LogP contribution >= 0.6 is 0 Å². The summed E-state index contributed by atoms with van der Waals surface area (Å²) in [4.78, 5) is 32.6. The minimum Gasteiger partial charge on any atom is -0.481 e. The summed E-state index contributed by atoms with van der Waals surface area (Å²) in [6, 6.07) is 6.07. The number of benzene rings is 1. The standard InChI is InChI=1S/C13H17N3O4/c14-13(20)16-8-9-3-5-10(6-4-9)12(19)15-7-1-2-11(17)18/h3-6H,1-2,7-8H2,(H,15,19)(H,17,18)(H3,14,16,20). The zero-order valence-corrected chi connectivity index (χ0v) is 10.9. The molecule has 0 unspecified atom stereocenters.